The summed E-state index contributed by atoms with van der Waals surface area (Å²) in [5.41, 5.74) is 2.81. The number of aliphatic imine (C=N–C) groups is 1. The number of nitrogens with zero attached hydrogens (tertiary/aromatic N) is 1. The summed E-state index contributed by atoms with van der Waals surface area (Å²) in [4.78, 5) is 16.2. The minimum Gasteiger partial charge on any atom is -0.487 e. The smallest absolute Gasteiger partial charge is 0.226 e. The Morgan fingerprint density at radius 2 is 1.84 bits per heavy atom. The summed E-state index contributed by atoms with van der Waals surface area (Å²) in [5, 5.41) is 9.83. The van der Waals surface area contributed by atoms with Crippen LogP contribution in [0, 0.1) is 5.92 Å². The third-order valence-corrected chi connectivity index (χ3v) is 5.12. The van der Waals surface area contributed by atoms with E-state index in [1.54, 1.807) is 7.05 Å². The van der Waals surface area contributed by atoms with Gasteiger partial charge < -0.3 is 20.7 Å². The van der Waals surface area contributed by atoms with Gasteiger partial charge in [0.05, 0.1) is 6.04 Å². The first-order valence-corrected chi connectivity index (χ1v) is 10.4. The lowest BCUT2D eigenvalue weighted by molar-refractivity contribution is -0.118. The fourth-order valence-corrected chi connectivity index (χ4v) is 3.47. The van der Waals surface area contributed by atoms with Crippen molar-refractivity contribution in [3.63, 3.8) is 0 Å². The van der Waals surface area contributed by atoms with E-state index in [0.29, 0.717) is 6.54 Å². The average Bonchev–Trinajstić information content (AvgIpc) is 2.71. The first-order valence-electron chi connectivity index (χ1n) is 10.4. The Morgan fingerprint density at radius 3 is 2.48 bits per heavy atom. The van der Waals surface area contributed by atoms with Gasteiger partial charge in [-0.1, -0.05) is 44.2 Å². The predicted molar refractivity (Wildman–Crippen MR) is 137 cm³/mol. The number of hydrogen-bond donors (Lipinski definition) is 3. The molecule has 1 aliphatic rings. The molecule has 0 bridgehead atoms. The molecule has 3 rings (SSSR count). The summed E-state index contributed by atoms with van der Waals surface area (Å²) in [5.74, 6) is 1.64. The highest BCUT2D eigenvalue weighted by Crippen LogP contribution is 2.39. The average molecular weight is 536 g/mol. The number of para-hydroxylation sites is 1. The van der Waals surface area contributed by atoms with Gasteiger partial charge in [0.25, 0.3) is 0 Å². The number of fused-ring (bicyclic) bond motifs is 1. The summed E-state index contributed by atoms with van der Waals surface area (Å²) in [6.07, 6.45) is 0.842. The number of ether oxygens (including phenoxy) is 1. The molecule has 0 saturated carbocycles. The highest BCUT2D eigenvalue weighted by Gasteiger charge is 2.33. The van der Waals surface area contributed by atoms with Crippen LogP contribution in [0.15, 0.2) is 53.5 Å². The molecule has 1 heterocycles. The van der Waals surface area contributed by atoms with E-state index in [2.05, 4.69) is 40.9 Å². The zero-order chi connectivity index (χ0) is 21.7. The van der Waals surface area contributed by atoms with Crippen LogP contribution >= 0.6 is 24.0 Å². The van der Waals surface area contributed by atoms with Crippen LogP contribution in [0.3, 0.4) is 0 Å². The van der Waals surface area contributed by atoms with Crippen molar-refractivity contribution in [2.75, 3.05) is 12.4 Å². The van der Waals surface area contributed by atoms with Crippen LogP contribution in [0.4, 0.5) is 5.69 Å². The van der Waals surface area contributed by atoms with Gasteiger partial charge in [-0.3, -0.25) is 9.79 Å². The number of hydrogen-bond acceptors (Lipinski definition) is 3. The lowest BCUT2D eigenvalue weighted by Crippen LogP contribution is -2.45. The van der Waals surface area contributed by atoms with Crippen molar-refractivity contribution < 1.29 is 9.53 Å². The molecule has 2 aromatic rings. The first kappa shape index (κ1) is 25.0. The summed E-state index contributed by atoms with van der Waals surface area (Å²) in [7, 11) is 1.77. The van der Waals surface area contributed by atoms with Gasteiger partial charge in [0.15, 0.2) is 5.96 Å². The molecule has 6 nitrogen and oxygen atoms in total. The summed E-state index contributed by atoms with van der Waals surface area (Å²) in [6.45, 7) is 8.60. The predicted octanol–water partition coefficient (Wildman–Crippen LogP) is 4.87. The molecule has 31 heavy (non-hydrogen) atoms. The second-order valence-corrected chi connectivity index (χ2v) is 8.57. The number of guanidine groups is 1. The molecule has 3 N–H and O–H groups in total. The molecule has 0 fully saturated rings. The van der Waals surface area contributed by atoms with Crippen molar-refractivity contribution in [3.8, 4) is 5.75 Å². The van der Waals surface area contributed by atoms with Gasteiger partial charge in [-0.2, -0.15) is 0 Å². The van der Waals surface area contributed by atoms with E-state index < -0.39 is 0 Å². The molecule has 1 amide bonds. The number of carbonyl (C=O) groups is 1. The second-order valence-electron chi connectivity index (χ2n) is 8.57. The maximum atomic E-state index is 11.8. The Hall–Kier alpha value is -2.29. The van der Waals surface area contributed by atoms with Crippen LogP contribution in [-0.2, 0) is 11.3 Å². The Labute approximate surface area is 202 Å². The van der Waals surface area contributed by atoms with Crippen LogP contribution < -0.4 is 20.7 Å². The third kappa shape index (κ3) is 6.85. The van der Waals surface area contributed by atoms with Crippen molar-refractivity contribution in [3.05, 3.63) is 59.7 Å². The SMILES string of the molecule is CN=C(NCc1ccc(NC(=O)C(C)C)cc1)NC1CC(C)(C)Oc2ccccc21.I. The van der Waals surface area contributed by atoms with Gasteiger partial charge in [0.2, 0.25) is 5.91 Å². The molecule has 2 aromatic carbocycles. The monoisotopic (exact) mass is 536 g/mol. The van der Waals surface area contributed by atoms with Gasteiger partial charge in [-0.05, 0) is 37.6 Å². The van der Waals surface area contributed by atoms with Gasteiger partial charge >= 0.3 is 0 Å². The highest BCUT2D eigenvalue weighted by molar-refractivity contribution is 14.0. The van der Waals surface area contributed by atoms with E-state index in [1.165, 1.54) is 0 Å². The Balaban J connectivity index is 0.00000341. The second kappa shape index (κ2) is 10.8. The van der Waals surface area contributed by atoms with E-state index >= 15 is 0 Å². The van der Waals surface area contributed by atoms with E-state index in [1.807, 2.05) is 56.3 Å². The summed E-state index contributed by atoms with van der Waals surface area (Å²) in [6, 6.07) is 16.1. The summed E-state index contributed by atoms with van der Waals surface area (Å²) < 4.78 is 6.12. The minimum absolute atomic E-state index is 0. The Bertz CT molecular complexity index is 910. The van der Waals surface area contributed by atoms with Crippen LogP contribution in [0.2, 0.25) is 0 Å². The molecule has 168 valence electrons. The van der Waals surface area contributed by atoms with Crippen LogP contribution in [0.1, 0.15) is 51.3 Å². The number of benzene rings is 2. The molecular weight excluding hydrogens is 503 g/mol. The van der Waals surface area contributed by atoms with Crippen LogP contribution in [-0.4, -0.2) is 24.5 Å². The van der Waals surface area contributed by atoms with Gasteiger partial charge in [0.1, 0.15) is 11.4 Å². The van der Waals surface area contributed by atoms with Crippen molar-refractivity contribution in [2.24, 2.45) is 10.9 Å². The normalized spacial score (nSPS) is 17.1. The fourth-order valence-electron chi connectivity index (χ4n) is 3.47. The van der Waals surface area contributed by atoms with E-state index in [0.717, 1.165) is 34.9 Å². The molecular formula is C24H33IN4O2. The van der Waals surface area contributed by atoms with E-state index in [9.17, 15) is 4.79 Å². The molecule has 0 saturated heterocycles. The number of anilines is 1. The molecule has 0 aromatic heterocycles. The van der Waals surface area contributed by atoms with E-state index in [4.69, 9.17) is 4.74 Å². The maximum Gasteiger partial charge on any atom is 0.226 e. The molecule has 1 atom stereocenters. The number of amides is 1. The Morgan fingerprint density at radius 1 is 1.16 bits per heavy atom. The van der Waals surface area contributed by atoms with Crippen molar-refractivity contribution in [1.29, 1.82) is 0 Å². The van der Waals surface area contributed by atoms with Crippen LogP contribution in [0.25, 0.3) is 0 Å². The summed E-state index contributed by atoms with van der Waals surface area (Å²) >= 11 is 0. The van der Waals surface area contributed by atoms with Gasteiger partial charge in [-0.15, -0.1) is 24.0 Å². The first-order chi connectivity index (χ1) is 14.3. The van der Waals surface area contributed by atoms with Crippen molar-refractivity contribution in [2.45, 2.75) is 52.3 Å². The van der Waals surface area contributed by atoms with Crippen LogP contribution in [0.5, 0.6) is 5.75 Å². The lowest BCUT2D eigenvalue weighted by atomic mass is 9.90. The standard InChI is InChI=1S/C24H32N4O2.HI/c1-16(2)22(29)27-18-12-10-17(11-13-18)15-26-23(25-5)28-20-14-24(3,4)30-21-9-7-6-8-19(20)21;/h6-13,16,20H,14-15H2,1-5H3,(H,27,29)(H2,25,26,28);1H. The topological polar surface area (TPSA) is 74.8 Å². The molecule has 1 aliphatic heterocycles. The quantitative estimate of drug-likeness (QED) is 0.290. The molecule has 0 aliphatic carbocycles. The minimum atomic E-state index is -0.249. The fraction of sp³-hybridized carbons (Fsp3) is 0.417. The molecule has 0 radical (unpaired) electrons. The number of halogens is 1. The zero-order valence-electron chi connectivity index (χ0n) is 18.9. The largest absolute Gasteiger partial charge is 0.487 e. The number of carbonyl (C=O) groups excluding carboxylic acids is 1. The van der Waals surface area contributed by atoms with Gasteiger partial charge in [-0.25, -0.2) is 0 Å². The van der Waals surface area contributed by atoms with Crippen molar-refractivity contribution >= 4 is 41.5 Å². The lowest BCUT2D eigenvalue weighted by Gasteiger charge is -2.38. The molecule has 7 heteroatoms. The Kier molecular flexibility index (Phi) is 8.73. The zero-order valence-corrected chi connectivity index (χ0v) is 21.2. The molecule has 1 unspecified atom stereocenters. The third-order valence-electron chi connectivity index (χ3n) is 5.12. The number of rotatable bonds is 5. The highest BCUT2D eigenvalue weighted by atomic mass is 127. The van der Waals surface area contributed by atoms with Gasteiger partial charge in [0, 0.05) is 37.2 Å². The molecule has 0 spiro atoms. The van der Waals surface area contributed by atoms with Crippen molar-refractivity contribution in [1.82, 2.24) is 10.6 Å². The van der Waals surface area contributed by atoms with E-state index in [-0.39, 0.29) is 47.4 Å². The number of nitrogens with one attached hydrogen (secondary N) is 3. The maximum absolute atomic E-state index is 11.8.